The summed E-state index contributed by atoms with van der Waals surface area (Å²) in [6.45, 7) is 0.122. The van der Waals surface area contributed by atoms with E-state index >= 15 is 0 Å². The van der Waals surface area contributed by atoms with Crippen LogP contribution in [0.15, 0.2) is 42.5 Å². The number of nitrogens with two attached hydrogens (primary N) is 1. The van der Waals surface area contributed by atoms with Gasteiger partial charge in [-0.25, -0.2) is 9.07 Å². The second kappa shape index (κ2) is 9.51. The summed E-state index contributed by atoms with van der Waals surface area (Å²) in [6, 6.07) is 9.91. The normalized spacial score (nSPS) is 14.8. The minimum absolute atomic E-state index is 0.122. The molecule has 1 aliphatic carbocycles. The summed E-state index contributed by atoms with van der Waals surface area (Å²) in [7, 11) is 0. The fourth-order valence-corrected chi connectivity index (χ4v) is 3.57. The Labute approximate surface area is 192 Å². The van der Waals surface area contributed by atoms with Gasteiger partial charge in [-0.15, -0.1) is 5.10 Å². The monoisotopic (exact) mass is 477 g/mol. The zero-order valence-electron chi connectivity index (χ0n) is 18.0. The van der Waals surface area contributed by atoms with Crippen LogP contribution in [0.25, 0.3) is 5.69 Å². The third-order valence-corrected chi connectivity index (χ3v) is 5.62. The van der Waals surface area contributed by atoms with Crippen LogP contribution in [0, 0.1) is 11.7 Å². The van der Waals surface area contributed by atoms with Crippen LogP contribution in [0.2, 0.25) is 0 Å². The van der Waals surface area contributed by atoms with Gasteiger partial charge in [-0.3, -0.25) is 4.79 Å². The predicted octanol–water partition coefficient (Wildman–Crippen LogP) is 4.36. The van der Waals surface area contributed by atoms with E-state index < -0.39 is 35.7 Å². The first kappa shape index (κ1) is 23.8. The first-order valence-corrected chi connectivity index (χ1v) is 10.8. The Kier molecular flexibility index (Phi) is 6.67. The SMILES string of the molecule is NCc1cccc(-n2nc(C(F)(F)F)nc2C(=O)Nc2cc(C(O)CCC3CC3)ccc2F)c1. The maximum absolute atomic E-state index is 14.4. The van der Waals surface area contributed by atoms with E-state index in [1.54, 1.807) is 12.1 Å². The van der Waals surface area contributed by atoms with Crippen molar-refractivity contribution in [2.45, 2.75) is 44.5 Å². The Balaban J connectivity index is 1.63. The van der Waals surface area contributed by atoms with E-state index in [-0.39, 0.29) is 17.9 Å². The van der Waals surface area contributed by atoms with Gasteiger partial charge in [0.2, 0.25) is 5.82 Å². The second-order valence-corrected chi connectivity index (χ2v) is 8.27. The van der Waals surface area contributed by atoms with E-state index in [0.717, 1.165) is 30.0 Å². The molecule has 1 aromatic heterocycles. The number of carbonyl (C=O) groups excluding carboxylic acids is 1. The van der Waals surface area contributed by atoms with Crippen LogP contribution in [-0.2, 0) is 12.7 Å². The molecule has 4 rings (SSSR count). The summed E-state index contributed by atoms with van der Waals surface area (Å²) in [4.78, 5) is 16.3. The molecule has 34 heavy (non-hydrogen) atoms. The molecule has 0 bridgehead atoms. The van der Waals surface area contributed by atoms with Gasteiger partial charge in [0, 0.05) is 6.54 Å². The summed E-state index contributed by atoms with van der Waals surface area (Å²) < 4.78 is 55.0. The molecule has 1 heterocycles. The quantitative estimate of drug-likeness (QED) is 0.418. The maximum atomic E-state index is 14.4. The third-order valence-electron chi connectivity index (χ3n) is 5.62. The number of halogens is 4. The summed E-state index contributed by atoms with van der Waals surface area (Å²) in [6.07, 6.45) is -2.16. The molecule has 0 radical (unpaired) electrons. The molecule has 1 amide bonds. The topological polar surface area (TPSA) is 106 Å². The van der Waals surface area contributed by atoms with Gasteiger partial charge < -0.3 is 16.2 Å². The molecule has 1 aliphatic rings. The molecule has 1 unspecified atom stereocenters. The molecule has 7 nitrogen and oxygen atoms in total. The smallest absolute Gasteiger partial charge is 0.388 e. The first-order valence-electron chi connectivity index (χ1n) is 10.8. The molecule has 0 saturated heterocycles. The van der Waals surface area contributed by atoms with Crippen LogP contribution >= 0.6 is 0 Å². The lowest BCUT2D eigenvalue weighted by Gasteiger charge is -2.14. The highest BCUT2D eigenvalue weighted by atomic mass is 19.4. The van der Waals surface area contributed by atoms with Gasteiger partial charge in [-0.2, -0.15) is 18.2 Å². The largest absolute Gasteiger partial charge is 0.453 e. The van der Waals surface area contributed by atoms with Crippen molar-refractivity contribution in [1.82, 2.24) is 14.8 Å². The Morgan fingerprint density at radius 3 is 2.68 bits per heavy atom. The number of aliphatic hydroxyl groups excluding tert-OH is 1. The number of anilines is 1. The summed E-state index contributed by atoms with van der Waals surface area (Å²) in [5, 5.41) is 16.1. The molecule has 1 saturated carbocycles. The standard InChI is InChI=1S/C23H23F4N5O2/c24-17-8-7-15(19(33)9-6-13-4-5-13)11-18(17)29-21(34)20-30-22(23(25,26)27)31-32(20)16-3-1-2-14(10-16)12-28/h1-3,7-8,10-11,13,19,33H,4-6,9,12,28H2,(H,29,34). The van der Waals surface area contributed by atoms with E-state index in [1.807, 2.05) is 0 Å². The number of nitrogens with zero attached hydrogens (tertiary/aromatic N) is 3. The van der Waals surface area contributed by atoms with Crippen molar-refractivity contribution in [3.8, 4) is 5.69 Å². The highest BCUT2D eigenvalue weighted by Gasteiger charge is 2.38. The lowest BCUT2D eigenvalue weighted by atomic mass is 10.0. The molecular formula is C23H23F4N5O2. The van der Waals surface area contributed by atoms with Crippen LogP contribution in [0.4, 0.5) is 23.2 Å². The number of carbonyl (C=O) groups is 1. The van der Waals surface area contributed by atoms with Crippen LogP contribution in [-0.4, -0.2) is 25.8 Å². The Hall–Kier alpha value is -3.31. The lowest BCUT2D eigenvalue weighted by Crippen LogP contribution is -2.19. The molecule has 4 N–H and O–H groups in total. The summed E-state index contributed by atoms with van der Waals surface area (Å²) in [5.74, 6) is -3.49. The molecular weight excluding hydrogens is 454 g/mol. The summed E-state index contributed by atoms with van der Waals surface area (Å²) >= 11 is 0. The van der Waals surface area contributed by atoms with Crippen LogP contribution < -0.4 is 11.1 Å². The number of hydrogen-bond donors (Lipinski definition) is 3. The molecule has 2 aromatic carbocycles. The highest BCUT2D eigenvalue weighted by molar-refractivity contribution is 6.02. The predicted molar refractivity (Wildman–Crippen MR) is 116 cm³/mol. The molecule has 1 fully saturated rings. The van der Waals surface area contributed by atoms with E-state index in [1.165, 1.54) is 24.3 Å². The average molecular weight is 477 g/mol. The molecule has 1 atom stereocenters. The molecule has 11 heteroatoms. The Morgan fingerprint density at radius 2 is 2.00 bits per heavy atom. The van der Waals surface area contributed by atoms with Crippen LogP contribution in [0.3, 0.4) is 0 Å². The van der Waals surface area contributed by atoms with E-state index in [4.69, 9.17) is 5.73 Å². The average Bonchev–Trinajstić information content (AvgIpc) is 3.52. The second-order valence-electron chi connectivity index (χ2n) is 8.27. The fraction of sp³-hybridized carbons (Fsp3) is 0.348. The van der Waals surface area contributed by atoms with Gasteiger partial charge in [-0.05, 0) is 54.2 Å². The first-order chi connectivity index (χ1) is 16.2. The Bertz CT molecular complexity index is 1190. The number of rotatable bonds is 8. The van der Waals surface area contributed by atoms with Crippen LogP contribution in [0.1, 0.15) is 59.4 Å². The maximum Gasteiger partial charge on any atom is 0.453 e. The minimum Gasteiger partial charge on any atom is -0.388 e. The Morgan fingerprint density at radius 1 is 1.24 bits per heavy atom. The number of alkyl halides is 3. The van der Waals surface area contributed by atoms with Gasteiger partial charge in [0.25, 0.3) is 11.7 Å². The van der Waals surface area contributed by atoms with Crippen molar-refractivity contribution in [1.29, 1.82) is 0 Å². The number of nitrogens with one attached hydrogen (secondary N) is 1. The molecule has 0 aliphatic heterocycles. The number of aromatic nitrogens is 3. The van der Waals surface area contributed by atoms with Crippen molar-refractivity contribution in [3.05, 3.63) is 71.1 Å². The number of hydrogen-bond acceptors (Lipinski definition) is 5. The van der Waals surface area contributed by atoms with Crippen LogP contribution in [0.5, 0.6) is 0 Å². The number of amides is 1. The van der Waals surface area contributed by atoms with Gasteiger partial charge >= 0.3 is 6.18 Å². The fourth-order valence-electron chi connectivity index (χ4n) is 3.57. The van der Waals surface area contributed by atoms with Crippen molar-refractivity contribution in [2.24, 2.45) is 11.7 Å². The van der Waals surface area contributed by atoms with Crippen molar-refractivity contribution >= 4 is 11.6 Å². The lowest BCUT2D eigenvalue weighted by molar-refractivity contribution is -0.144. The van der Waals surface area contributed by atoms with Gasteiger partial charge in [0.1, 0.15) is 5.82 Å². The molecule has 3 aromatic rings. The van der Waals surface area contributed by atoms with Gasteiger partial charge in [0.15, 0.2) is 0 Å². The van der Waals surface area contributed by atoms with E-state index in [2.05, 4.69) is 15.4 Å². The molecule has 0 spiro atoms. The molecule has 180 valence electrons. The van der Waals surface area contributed by atoms with E-state index in [9.17, 15) is 27.5 Å². The number of aliphatic hydroxyl groups is 1. The minimum atomic E-state index is -4.90. The van der Waals surface area contributed by atoms with Crippen molar-refractivity contribution in [3.63, 3.8) is 0 Å². The number of benzene rings is 2. The van der Waals surface area contributed by atoms with Gasteiger partial charge in [-0.1, -0.05) is 31.0 Å². The third kappa shape index (κ3) is 5.42. The van der Waals surface area contributed by atoms with Crippen molar-refractivity contribution in [2.75, 3.05) is 5.32 Å². The van der Waals surface area contributed by atoms with Crippen molar-refractivity contribution < 1.29 is 27.5 Å². The van der Waals surface area contributed by atoms with E-state index in [0.29, 0.717) is 23.5 Å². The van der Waals surface area contributed by atoms with Gasteiger partial charge in [0.05, 0.1) is 17.5 Å². The zero-order chi connectivity index (χ0) is 24.5. The highest BCUT2D eigenvalue weighted by Crippen LogP contribution is 2.36. The zero-order valence-corrected chi connectivity index (χ0v) is 18.0. The summed E-state index contributed by atoms with van der Waals surface area (Å²) in [5.41, 5.74) is 6.45.